The monoisotopic (exact) mass is 520 g/mol. The molecule has 7 aromatic rings. The number of aromatic nitrogens is 1. The summed E-state index contributed by atoms with van der Waals surface area (Å²) in [6.45, 7) is 0. The molecule has 6 aromatic carbocycles. The van der Waals surface area contributed by atoms with E-state index in [-0.39, 0.29) is 11.8 Å². The molecule has 1 heterocycles. The fraction of sp³-hybridized carbons (Fsp3) is 0.0513. The number of nitrogens with zero attached hydrogens (tertiary/aromatic N) is 2. The van der Waals surface area contributed by atoms with Crippen molar-refractivity contribution in [1.82, 2.24) is 4.57 Å². The molecule has 0 saturated carbocycles. The Morgan fingerprint density at radius 2 is 1.05 bits per heavy atom. The van der Waals surface area contributed by atoms with E-state index in [0.29, 0.717) is 0 Å². The minimum atomic E-state index is 0.0671. The van der Waals surface area contributed by atoms with Crippen molar-refractivity contribution in [3.63, 3.8) is 0 Å². The van der Waals surface area contributed by atoms with Crippen molar-refractivity contribution < 1.29 is 0 Å². The Labute approximate surface area is 238 Å². The molecular weight excluding hydrogens is 496 g/mol. The van der Waals surface area contributed by atoms with Crippen LogP contribution in [0.2, 0.25) is 0 Å². The lowest BCUT2D eigenvalue weighted by Crippen LogP contribution is -2.29. The van der Waals surface area contributed by atoms with Gasteiger partial charge in [0.15, 0.2) is 0 Å². The molecule has 0 N–H and O–H groups in total. The molecule has 1 aromatic heterocycles. The molecule has 2 nitrogen and oxygen atoms in total. The van der Waals surface area contributed by atoms with Gasteiger partial charge in [0.2, 0.25) is 0 Å². The molecule has 41 heavy (non-hydrogen) atoms. The highest BCUT2D eigenvalue weighted by Gasteiger charge is 2.43. The van der Waals surface area contributed by atoms with Crippen LogP contribution in [0.4, 0.5) is 0 Å². The zero-order chi connectivity index (χ0) is 27.1. The molecule has 0 atom stereocenters. The highest BCUT2D eigenvalue weighted by molar-refractivity contribution is 6.09. The molecule has 0 fully saturated rings. The second kappa shape index (κ2) is 8.31. The van der Waals surface area contributed by atoms with Crippen molar-refractivity contribution in [2.45, 2.75) is 11.8 Å². The Bertz CT molecular complexity index is 2140. The first-order chi connectivity index (χ1) is 20.3. The third-order valence-corrected chi connectivity index (χ3v) is 9.22. The van der Waals surface area contributed by atoms with E-state index < -0.39 is 0 Å². The van der Waals surface area contributed by atoms with Gasteiger partial charge >= 0.3 is 0 Å². The molecule has 2 bridgehead atoms. The number of hydrogen-bond acceptors (Lipinski definition) is 1. The average molecular weight is 521 g/mol. The third-order valence-electron chi connectivity index (χ3n) is 9.22. The normalized spacial score (nSPS) is 16.3. The van der Waals surface area contributed by atoms with Crippen LogP contribution >= 0.6 is 0 Å². The molecule has 2 heteroatoms. The zero-order valence-corrected chi connectivity index (χ0v) is 22.3. The van der Waals surface area contributed by atoms with E-state index >= 15 is 0 Å². The maximum absolute atomic E-state index is 10.3. The molecule has 0 saturated heterocycles. The van der Waals surface area contributed by atoms with Crippen LogP contribution in [0.5, 0.6) is 0 Å². The smallest absolute Gasteiger partial charge is 0.0994 e. The quantitative estimate of drug-likeness (QED) is 0.223. The lowest BCUT2D eigenvalue weighted by Gasteiger charge is -2.43. The molecule has 10 rings (SSSR count). The molecule has 0 radical (unpaired) electrons. The van der Waals surface area contributed by atoms with Gasteiger partial charge in [-0.1, -0.05) is 103 Å². The van der Waals surface area contributed by atoms with Gasteiger partial charge in [0.05, 0.1) is 22.7 Å². The summed E-state index contributed by atoms with van der Waals surface area (Å²) in [5, 5.41) is 12.8. The Hall–Kier alpha value is -5.39. The van der Waals surface area contributed by atoms with Crippen LogP contribution in [0.15, 0.2) is 133 Å². The van der Waals surface area contributed by atoms with Gasteiger partial charge < -0.3 is 4.57 Å². The summed E-state index contributed by atoms with van der Waals surface area (Å²) >= 11 is 0. The summed E-state index contributed by atoms with van der Waals surface area (Å²) < 4.78 is 2.38. The van der Waals surface area contributed by atoms with Crippen LogP contribution < -0.4 is 0 Å². The van der Waals surface area contributed by atoms with Crippen molar-refractivity contribution in [2.24, 2.45) is 0 Å². The second-order valence-electron chi connectivity index (χ2n) is 11.1. The molecule has 3 aliphatic rings. The maximum atomic E-state index is 10.3. The number of benzene rings is 6. The standard InChI is InChI=1S/C39H24N2/c40-23-25-20-21-27(39-36(25)37-30-14-1-3-16-32(30)38(39)33-17-4-2-15-31(33)37)24-10-9-11-26(22-24)41-34-18-7-5-12-28(34)29-13-6-8-19-35(29)41/h1-22,37-38H. The molecule has 190 valence electrons. The summed E-state index contributed by atoms with van der Waals surface area (Å²) in [6, 6.07) is 50.6. The third kappa shape index (κ3) is 2.95. The number of para-hydroxylation sites is 2. The van der Waals surface area contributed by atoms with Crippen LogP contribution in [-0.2, 0) is 0 Å². The summed E-state index contributed by atoms with van der Waals surface area (Å²) in [7, 11) is 0. The average Bonchev–Trinajstić information content (AvgIpc) is 3.38. The largest absolute Gasteiger partial charge is 0.309 e. The van der Waals surface area contributed by atoms with Gasteiger partial charge in [-0.15, -0.1) is 0 Å². The zero-order valence-electron chi connectivity index (χ0n) is 22.3. The Morgan fingerprint density at radius 3 is 1.63 bits per heavy atom. The fourth-order valence-electron chi connectivity index (χ4n) is 7.65. The van der Waals surface area contributed by atoms with Crippen LogP contribution in [0.25, 0.3) is 38.6 Å². The molecule has 0 spiro atoms. The van der Waals surface area contributed by atoms with Gasteiger partial charge in [0.1, 0.15) is 0 Å². The molecule has 0 unspecified atom stereocenters. The van der Waals surface area contributed by atoms with Crippen molar-refractivity contribution in [1.29, 1.82) is 5.26 Å². The van der Waals surface area contributed by atoms with Gasteiger partial charge in [0, 0.05) is 28.3 Å². The summed E-state index contributed by atoms with van der Waals surface area (Å²) in [4.78, 5) is 0. The van der Waals surface area contributed by atoms with Gasteiger partial charge in [-0.2, -0.15) is 5.26 Å². The lowest BCUT2D eigenvalue weighted by atomic mass is 9.59. The number of hydrogen-bond donors (Lipinski definition) is 0. The summed E-state index contributed by atoms with van der Waals surface area (Å²) in [5.74, 6) is 0.167. The van der Waals surface area contributed by atoms with Crippen LogP contribution in [0, 0.1) is 11.3 Å². The van der Waals surface area contributed by atoms with Crippen molar-refractivity contribution in [3.05, 3.63) is 172 Å². The lowest BCUT2D eigenvalue weighted by molar-refractivity contribution is 0.753. The number of fused-ring (bicyclic) bond motifs is 3. The Balaban J connectivity index is 1.32. The Kier molecular flexibility index (Phi) is 4.54. The van der Waals surface area contributed by atoms with Gasteiger partial charge in [-0.05, 0) is 74.8 Å². The Morgan fingerprint density at radius 1 is 0.512 bits per heavy atom. The number of nitriles is 1. The topological polar surface area (TPSA) is 28.7 Å². The van der Waals surface area contributed by atoms with Gasteiger partial charge in [0.25, 0.3) is 0 Å². The maximum Gasteiger partial charge on any atom is 0.0994 e. The van der Waals surface area contributed by atoms with Crippen LogP contribution in [0.3, 0.4) is 0 Å². The first-order valence-electron chi connectivity index (χ1n) is 14.2. The van der Waals surface area contributed by atoms with Gasteiger partial charge in [-0.25, -0.2) is 0 Å². The van der Waals surface area contributed by atoms with E-state index in [1.807, 2.05) is 6.07 Å². The second-order valence-corrected chi connectivity index (χ2v) is 11.1. The first-order valence-corrected chi connectivity index (χ1v) is 14.2. The minimum absolute atomic E-state index is 0.0671. The van der Waals surface area contributed by atoms with E-state index in [9.17, 15) is 5.26 Å². The van der Waals surface area contributed by atoms with E-state index in [0.717, 1.165) is 11.3 Å². The molecule has 3 aliphatic carbocycles. The fourth-order valence-corrected chi connectivity index (χ4v) is 7.65. The van der Waals surface area contributed by atoms with Crippen molar-refractivity contribution >= 4 is 21.8 Å². The first kappa shape index (κ1) is 22.4. The molecule has 0 amide bonds. The van der Waals surface area contributed by atoms with E-state index in [1.54, 1.807) is 0 Å². The summed E-state index contributed by atoms with van der Waals surface area (Å²) in [5.41, 5.74) is 14.5. The number of rotatable bonds is 2. The SMILES string of the molecule is N#Cc1ccc(-c2cccc(-n3c4ccccc4c4ccccc43)c2)c2c1C1c3ccccc3C2c2ccccc21. The summed E-state index contributed by atoms with van der Waals surface area (Å²) in [6.07, 6.45) is 0. The molecular formula is C39H24N2. The highest BCUT2D eigenvalue weighted by Crippen LogP contribution is 2.58. The van der Waals surface area contributed by atoms with Crippen LogP contribution in [0.1, 0.15) is 50.8 Å². The highest BCUT2D eigenvalue weighted by atomic mass is 15.0. The van der Waals surface area contributed by atoms with Crippen molar-refractivity contribution in [2.75, 3.05) is 0 Å². The minimum Gasteiger partial charge on any atom is -0.309 e. The van der Waals surface area contributed by atoms with E-state index in [4.69, 9.17) is 0 Å². The predicted molar refractivity (Wildman–Crippen MR) is 166 cm³/mol. The predicted octanol–water partition coefficient (Wildman–Crippen LogP) is 9.31. The van der Waals surface area contributed by atoms with E-state index in [1.165, 1.54) is 66.3 Å². The van der Waals surface area contributed by atoms with Crippen LogP contribution in [-0.4, -0.2) is 4.57 Å². The van der Waals surface area contributed by atoms with E-state index in [2.05, 4.69) is 138 Å². The molecule has 0 aliphatic heterocycles. The van der Waals surface area contributed by atoms with Gasteiger partial charge in [-0.3, -0.25) is 0 Å². The van der Waals surface area contributed by atoms with Crippen molar-refractivity contribution in [3.8, 4) is 22.9 Å².